The highest BCUT2D eigenvalue weighted by Crippen LogP contribution is 2.22. The molecule has 0 saturated carbocycles. The van der Waals surface area contributed by atoms with Crippen molar-refractivity contribution in [1.29, 1.82) is 0 Å². The average Bonchev–Trinajstić information content (AvgIpc) is 3.21. The lowest BCUT2D eigenvalue weighted by atomic mass is 10.1. The molecule has 0 atom stereocenters. The molecule has 7 heteroatoms. The number of carbonyl (C=O) groups excluding carboxylic acids is 1. The predicted molar refractivity (Wildman–Crippen MR) is 134 cm³/mol. The van der Waals surface area contributed by atoms with E-state index in [4.69, 9.17) is 18.6 Å². The molecule has 1 aromatic heterocycles. The molecule has 1 heterocycles. The normalized spacial score (nSPS) is 11.8. The van der Waals surface area contributed by atoms with Gasteiger partial charge in [0.05, 0.1) is 6.61 Å². The van der Waals surface area contributed by atoms with Crippen LogP contribution in [-0.4, -0.2) is 44.5 Å². The smallest absolute Gasteiger partial charge is 0.332 e. The summed E-state index contributed by atoms with van der Waals surface area (Å²) < 4.78 is 35.2. The molecule has 3 aromatic rings. The number of rotatable bonds is 14. The van der Waals surface area contributed by atoms with E-state index in [1.807, 2.05) is 32.9 Å². The molecule has 0 aliphatic rings. The minimum absolute atomic E-state index is 0.0332. The fourth-order valence-corrected chi connectivity index (χ4v) is 3.55. The van der Waals surface area contributed by atoms with Gasteiger partial charge in [0.1, 0.15) is 29.4 Å². The summed E-state index contributed by atoms with van der Waals surface area (Å²) in [6.07, 6.45) is 2.31. The Morgan fingerprint density at radius 1 is 0.943 bits per heavy atom. The summed E-state index contributed by atoms with van der Waals surface area (Å²) in [6.45, 7) is 8.56. The number of nitrogens with one attached hydrogen (secondary N) is 1. The standard InChI is InChI=1S/C28H36FNO5/c1-28(2,3)35-27(31)20-33-15-4-14-32-16-13-30-19-22-5-9-23-18-25(34-26(23)17-22)12-8-21-6-10-24(29)11-7-21/h5-7,9-11,17-18,30H,4,8,12-16,19-20H2,1-3H3. The van der Waals surface area contributed by atoms with Crippen molar-refractivity contribution < 1.29 is 27.8 Å². The van der Waals surface area contributed by atoms with Gasteiger partial charge in [0, 0.05) is 38.1 Å². The van der Waals surface area contributed by atoms with Crippen molar-refractivity contribution in [1.82, 2.24) is 5.32 Å². The summed E-state index contributed by atoms with van der Waals surface area (Å²) in [5, 5.41) is 4.46. The van der Waals surface area contributed by atoms with Gasteiger partial charge in [0.15, 0.2) is 0 Å². The van der Waals surface area contributed by atoms with Crippen LogP contribution in [0.5, 0.6) is 0 Å². The molecule has 3 rings (SSSR count). The largest absolute Gasteiger partial charge is 0.461 e. The second-order valence-electron chi connectivity index (χ2n) is 9.49. The van der Waals surface area contributed by atoms with Gasteiger partial charge in [-0.1, -0.05) is 24.3 Å². The highest BCUT2D eigenvalue weighted by atomic mass is 19.1. The van der Waals surface area contributed by atoms with Crippen LogP contribution in [0.4, 0.5) is 4.39 Å². The molecule has 0 aliphatic heterocycles. The molecule has 2 aromatic carbocycles. The van der Waals surface area contributed by atoms with Crippen molar-refractivity contribution in [2.75, 3.05) is 33.0 Å². The third-order valence-electron chi connectivity index (χ3n) is 5.18. The number of aryl methyl sites for hydroxylation is 2. The quantitative estimate of drug-likeness (QED) is 0.250. The van der Waals surface area contributed by atoms with Gasteiger partial charge in [-0.3, -0.25) is 0 Å². The summed E-state index contributed by atoms with van der Waals surface area (Å²) in [5.74, 6) is 0.362. The van der Waals surface area contributed by atoms with Crippen molar-refractivity contribution in [2.45, 2.75) is 52.2 Å². The van der Waals surface area contributed by atoms with E-state index in [9.17, 15) is 9.18 Å². The molecule has 0 saturated heterocycles. The molecule has 0 spiro atoms. The number of carbonyl (C=O) groups is 1. The van der Waals surface area contributed by atoms with E-state index >= 15 is 0 Å². The Balaban J connectivity index is 1.26. The first-order valence-corrected chi connectivity index (χ1v) is 12.1. The number of furan rings is 1. The van der Waals surface area contributed by atoms with Crippen LogP contribution in [0.3, 0.4) is 0 Å². The van der Waals surface area contributed by atoms with Crippen molar-refractivity contribution in [2.24, 2.45) is 0 Å². The van der Waals surface area contributed by atoms with Crippen molar-refractivity contribution in [3.8, 4) is 0 Å². The Morgan fingerprint density at radius 2 is 1.69 bits per heavy atom. The number of hydrogen-bond acceptors (Lipinski definition) is 6. The van der Waals surface area contributed by atoms with Crippen LogP contribution in [0.25, 0.3) is 11.0 Å². The Morgan fingerprint density at radius 3 is 2.46 bits per heavy atom. The van der Waals surface area contributed by atoms with E-state index in [0.717, 1.165) is 60.2 Å². The van der Waals surface area contributed by atoms with Gasteiger partial charge in [0.2, 0.25) is 0 Å². The van der Waals surface area contributed by atoms with Gasteiger partial charge in [-0.2, -0.15) is 0 Å². The van der Waals surface area contributed by atoms with Gasteiger partial charge < -0.3 is 23.9 Å². The molecule has 0 aliphatic carbocycles. The molecule has 190 valence electrons. The molecule has 0 fully saturated rings. The van der Waals surface area contributed by atoms with Crippen LogP contribution in [0.15, 0.2) is 52.9 Å². The lowest BCUT2D eigenvalue weighted by Gasteiger charge is -2.19. The Hall–Kier alpha value is -2.74. The first-order chi connectivity index (χ1) is 16.8. The third kappa shape index (κ3) is 10.2. The second-order valence-corrected chi connectivity index (χ2v) is 9.49. The number of benzene rings is 2. The van der Waals surface area contributed by atoms with Gasteiger partial charge >= 0.3 is 5.97 Å². The van der Waals surface area contributed by atoms with E-state index in [2.05, 4.69) is 29.6 Å². The van der Waals surface area contributed by atoms with Crippen LogP contribution >= 0.6 is 0 Å². The maximum Gasteiger partial charge on any atom is 0.332 e. The zero-order valence-corrected chi connectivity index (χ0v) is 20.9. The summed E-state index contributed by atoms with van der Waals surface area (Å²) >= 11 is 0. The highest BCUT2D eigenvalue weighted by molar-refractivity contribution is 5.78. The van der Waals surface area contributed by atoms with E-state index in [1.54, 1.807) is 0 Å². The molecule has 6 nitrogen and oxygen atoms in total. The Bertz CT molecular complexity index is 1060. The average molecular weight is 486 g/mol. The zero-order valence-electron chi connectivity index (χ0n) is 20.9. The zero-order chi connectivity index (χ0) is 25.1. The number of esters is 1. The summed E-state index contributed by atoms with van der Waals surface area (Å²) in [4.78, 5) is 11.5. The topological polar surface area (TPSA) is 69.9 Å². The monoisotopic (exact) mass is 485 g/mol. The van der Waals surface area contributed by atoms with Crippen LogP contribution in [-0.2, 0) is 38.4 Å². The molecule has 0 amide bonds. The third-order valence-corrected chi connectivity index (χ3v) is 5.18. The van der Waals surface area contributed by atoms with Gasteiger partial charge in [-0.05, 0) is 69.0 Å². The van der Waals surface area contributed by atoms with E-state index < -0.39 is 5.60 Å². The van der Waals surface area contributed by atoms with Crippen LogP contribution in [0.1, 0.15) is 44.1 Å². The summed E-state index contributed by atoms with van der Waals surface area (Å²) in [6, 6.07) is 14.9. The van der Waals surface area contributed by atoms with Crippen molar-refractivity contribution in [3.63, 3.8) is 0 Å². The van der Waals surface area contributed by atoms with Crippen LogP contribution in [0, 0.1) is 5.82 Å². The van der Waals surface area contributed by atoms with Crippen LogP contribution in [0.2, 0.25) is 0 Å². The summed E-state index contributed by atoms with van der Waals surface area (Å²) in [7, 11) is 0. The number of halogens is 1. The molecule has 35 heavy (non-hydrogen) atoms. The summed E-state index contributed by atoms with van der Waals surface area (Å²) in [5.41, 5.74) is 2.62. The Kier molecular flexibility index (Phi) is 10.3. The van der Waals surface area contributed by atoms with Crippen molar-refractivity contribution >= 4 is 16.9 Å². The maximum atomic E-state index is 13.0. The fraction of sp³-hybridized carbons (Fsp3) is 0.464. The lowest BCUT2D eigenvalue weighted by Crippen LogP contribution is -2.26. The maximum absolute atomic E-state index is 13.0. The molecule has 1 N–H and O–H groups in total. The van der Waals surface area contributed by atoms with Gasteiger partial charge in [-0.15, -0.1) is 0 Å². The first kappa shape index (κ1) is 26.9. The minimum Gasteiger partial charge on any atom is -0.461 e. The Labute approximate surface area is 206 Å². The molecular formula is C28H36FNO5. The molecular weight excluding hydrogens is 449 g/mol. The lowest BCUT2D eigenvalue weighted by molar-refractivity contribution is -0.160. The number of ether oxygens (including phenoxy) is 3. The number of hydrogen-bond donors (Lipinski definition) is 1. The highest BCUT2D eigenvalue weighted by Gasteiger charge is 2.15. The SMILES string of the molecule is CC(C)(C)OC(=O)COCCCOCCNCc1ccc2cc(CCc3ccc(F)cc3)oc2c1. The van der Waals surface area contributed by atoms with E-state index in [0.29, 0.717) is 19.8 Å². The fourth-order valence-electron chi connectivity index (χ4n) is 3.55. The number of fused-ring (bicyclic) bond motifs is 1. The minimum atomic E-state index is -0.491. The van der Waals surface area contributed by atoms with E-state index in [-0.39, 0.29) is 18.4 Å². The first-order valence-electron chi connectivity index (χ1n) is 12.1. The van der Waals surface area contributed by atoms with E-state index in [1.165, 1.54) is 12.1 Å². The van der Waals surface area contributed by atoms with Gasteiger partial charge in [-0.25, -0.2) is 9.18 Å². The molecule has 0 radical (unpaired) electrons. The van der Waals surface area contributed by atoms with Crippen molar-refractivity contribution in [3.05, 3.63) is 71.2 Å². The van der Waals surface area contributed by atoms with Gasteiger partial charge in [0.25, 0.3) is 0 Å². The molecule has 0 unspecified atom stereocenters. The van der Waals surface area contributed by atoms with Crippen LogP contribution < -0.4 is 5.32 Å². The second kappa shape index (κ2) is 13.4. The predicted octanol–water partition coefficient (Wildman–Crippen LogP) is 5.21. The molecule has 0 bridgehead atoms.